The zero-order valence-corrected chi connectivity index (χ0v) is 32.2. The van der Waals surface area contributed by atoms with Crippen molar-refractivity contribution in [1.82, 2.24) is 9.97 Å². The van der Waals surface area contributed by atoms with Gasteiger partial charge in [-0.05, 0) is 68.5 Å². The van der Waals surface area contributed by atoms with Crippen molar-refractivity contribution in [2.75, 3.05) is 0 Å². The molecular weight excluding hydrogens is 812 g/mol. The van der Waals surface area contributed by atoms with Crippen LogP contribution in [0.3, 0.4) is 0 Å². The molecular formula is C45H38N2OPtS. The van der Waals surface area contributed by atoms with Crippen LogP contribution in [0, 0.1) is 12.1 Å². The van der Waals surface area contributed by atoms with Crippen LogP contribution in [0.15, 0.2) is 121 Å². The maximum atomic E-state index is 6.57. The van der Waals surface area contributed by atoms with E-state index in [0.29, 0.717) is 11.5 Å². The molecule has 250 valence electrons. The van der Waals surface area contributed by atoms with Gasteiger partial charge in [-0.15, -0.1) is 41.5 Å². The number of aromatic nitrogens is 2. The maximum Gasteiger partial charge on any atom is 2.00 e. The molecule has 0 fully saturated rings. The third kappa shape index (κ3) is 5.83. The number of hydrogen-bond donors (Lipinski definition) is 0. The Hall–Kier alpha value is -4.37. The van der Waals surface area contributed by atoms with Gasteiger partial charge in [0.15, 0.2) is 0 Å². The molecule has 50 heavy (non-hydrogen) atoms. The van der Waals surface area contributed by atoms with Crippen LogP contribution < -0.4 is 4.74 Å². The van der Waals surface area contributed by atoms with E-state index in [1.54, 1.807) is 11.3 Å². The molecule has 8 rings (SSSR count). The van der Waals surface area contributed by atoms with Gasteiger partial charge in [-0.1, -0.05) is 102 Å². The fourth-order valence-corrected chi connectivity index (χ4v) is 7.96. The van der Waals surface area contributed by atoms with Crippen LogP contribution in [-0.4, -0.2) is 9.97 Å². The number of para-hydroxylation sites is 1. The summed E-state index contributed by atoms with van der Waals surface area (Å²) >= 11 is 1.66. The van der Waals surface area contributed by atoms with Crippen LogP contribution in [0.2, 0.25) is 0 Å². The number of ether oxygens (including phenoxy) is 1. The van der Waals surface area contributed by atoms with Gasteiger partial charge in [0.1, 0.15) is 0 Å². The average Bonchev–Trinajstić information content (AvgIpc) is 3.66. The van der Waals surface area contributed by atoms with E-state index in [1.165, 1.54) is 33.4 Å². The Balaban J connectivity index is 0.00000392. The van der Waals surface area contributed by atoms with Crippen molar-refractivity contribution in [1.29, 1.82) is 0 Å². The van der Waals surface area contributed by atoms with Gasteiger partial charge in [-0.2, -0.15) is 23.5 Å². The number of fused-ring (bicyclic) bond motifs is 4. The number of hydrogen-bond acceptors (Lipinski definition) is 4. The number of thiazole rings is 1. The Labute approximate surface area is 313 Å². The first-order chi connectivity index (χ1) is 23.5. The Morgan fingerprint density at radius 1 is 0.640 bits per heavy atom. The largest absolute Gasteiger partial charge is 2.00 e. The molecule has 0 saturated heterocycles. The molecule has 0 atom stereocenters. The third-order valence-electron chi connectivity index (χ3n) is 9.60. The first kappa shape index (κ1) is 34.1. The van der Waals surface area contributed by atoms with Crippen molar-refractivity contribution >= 4 is 21.6 Å². The predicted molar refractivity (Wildman–Crippen MR) is 202 cm³/mol. The van der Waals surface area contributed by atoms with E-state index >= 15 is 0 Å². The van der Waals surface area contributed by atoms with Crippen LogP contribution in [-0.2, 0) is 37.3 Å². The first-order valence-electron chi connectivity index (χ1n) is 16.8. The quantitative estimate of drug-likeness (QED) is 0.162. The van der Waals surface area contributed by atoms with Gasteiger partial charge >= 0.3 is 21.1 Å². The Bertz CT molecular complexity index is 2250. The standard InChI is InChI=1S/C45H38N2OS.Pt/c1-43(2,3)30-20-22-35-36-23-21-31(44(4,5)6)28-38(36)45(37(35)27-30,41-19-9-10-24-46-41)32-14-12-16-34(26-32)48-33-15-11-13-29(25-33)42-47-39-17-7-8-18-40(39)49-42;/h7-24,27-28H,1-6H3;/q-2;+2. The van der Waals surface area contributed by atoms with Crippen molar-refractivity contribution < 1.29 is 25.8 Å². The Morgan fingerprint density at radius 3 is 1.88 bits per heavy atom. The second kappa shape index (κ2) is 12.7. The maximum absolute atomic E-state index is 6.57. The van der Waals surface area contributed by atoms with Crippen LogP contribution in [0.1, 0.15) is 75.1 Å². The van der Waals surface area contributed by atoms with Crippen molar-refractivity contribution in [3.05, 3.63) is 167 Å². The van der Waals surface area contributed by atoms with E-state index in [-0.39, 0.29) is 31.9 Å². The van der Waals surface area contributed by atoms with Crippen LogP contribution in [0.4, 0.5) is 0 Å². The van der Waals surface area contributed by atoms with Crippen molar-refractivity contribution in [2.24, 2.45) is 0 Å². The van der Waals surface area contributed by atoms with Crippen molar-refractivity contribution in [3.63, 3.8) is 0 Å². The number of benzene rings is 5. The fraction of sp³-hybridized carbons (Fsp3) is 0.200. The normalized spacial score (nSPS) is 13.4. The van der Waals surface area contributed by atoms with E-state index in [9.17, 15) is 0 Å². The van der Waals surface area contributed by atoms with Gasteiger partial charge in [-0.3, -0.25) is 9.97 Å². The second-order valence-corrected chi connectivity index (χ2v) is 16.0. The summed E-state index contributed by atoms with van der Waals surface area (Å²) in [7, 11) is 0. The Kier molecular flexibility index (Phi) is 8.69. The summed E-state index contributed by atoms with van der Waals surface area (Å²) in [4.78, 5) is 9.94. The molecule has 0 unspecified atom stereocenters. The molecule has 2 aromatic heterocycles. The number of pyridine rings is 1. The summed E-state index contributed by atoms with van der Waals surface area (Å²) in [5.74, 6) is 1.24. The summed E-state index contributed by atoms with van der Waals surface area (Å²) in [6.45, 7) is 13.6. The predicted octanol–water partition coefficient (Wildman–Crippen LogP) is 11.7. The molecule has 1 aliphatic rings. The SMILES string of the molecule is CC(C)(C)c1ccc2c(c1)C(c1[c-]c(Oc3[c-]c(-c4nc5ccccc5s4)ccc3)ccc1)(c1ccccn1)c1cc(C(C)(C)C)ccc1-2.[Pt+2]. The number of nitrogens with zero attached hydrogens (tertiary/aromatic N) is 2. The van der Waals surface area contributed by atoms with Crippen LogP contribution in [0.5, 0.6) is 11.5 Å². The van der Waals surface area contributed by atoms with Gasteiger partial charge in [0, 0.05) is 27.4 Å². The zero-order valence-electron chi connectivity index (χ0n) is 29.1. The van der Waals surface area contributed by atoms with E-state index in [4.69, 9.17) is 14.7 Å². The molecule has 7 aromatic rings. The van der Waals surface area contributed by atoms with Gasteiger partial charge in [0.25, 0.3) is 0 Å². The fourth-order valence-electron chi connectivity index (χ4n) is 7.01. The molecule has 0 N–H and O–H groups in total. The topological polar surface area (TPSA) is 35.0 Å². The van der Waals surface area contributed by atoms with E-state index in [2.05, 4.69) is 120 Å². The minimum atomic E-state index is -0.708. The summed E-state index contributed by atoms with van der Waals surface area (Å²) in [5, 5.41) is 0.918. The third-order valence-corrected chi connectivity index (χ3v) is 10.7. The molecule has 5 aromatic carbocycles. The summed E-state index contributed by atoms with van der Waals surface area (Å²) < 4.78 is 7.73. The van der Waals surface area contributed by atoms with Gasteiger partial charge in [0.05, 0.1) is 16.6 Å². The molecule has 1 aliphatic carbocycles. The Morgan fingerprint density at radius 2 is 1.26 bits per heavy atom. The molecule has 0 saturated carbocycles. The molecule has 5 heteroatoms. The van der Waals surface area contributed by atoms with Crippen molar-refractivity contribution in [3.8, 4) is 33.2 Å². The minimum Gasteiger partial charge on any atom is -0.503 e. The molecule has 0 aliphatic heterocycles. The van der Waals surface area contributed by atoms with E-state index in [0.717, 1.165) is 32.0 Å². The summed E-state index contributed by atoms with van der Waals surface area (Å²) in [6.07, 6.45) is 1.90. The monoisotopic (exact) mass is 849 g/mol. The molecule has 0 radical (unpaired) electrons. The van der Waals surface area contributed by atoms with Crippen LogP contribution >= 0.6 is 11.3 Å². The first-order valence-corrected chi connectivity index (χ1v) is 17.6. The molecule has 3 nitrogen and oxygen atoms in total. The van der Waals surface area contributed by atoms with E-state index < -0.39 is 5.41 Å². The molecule has 0 amide bonds. The second-order valence-electron chi connectivity index (χ2n) is 14.9. The molecule has 0 bridgehead atoms. The molecule has 0 spiro atoms. The summed E-state index contributed by atoms with van der Waals surface area (Å²) in [6, 6.07) is 47.8. The van der Waals surface area contributed by atoms with E-state index in [1.807, 2.05) is 54.7 Å². The van der Waals surface area contributed by atoms with Crippen LogP contribution in [0.25, 0.3) is 31.9 Å². The minimum absolute atomic E-state index is 0. The van der Waals surface area contributed by atoms with Crippen molar-refractivity contribution in [2.45, 2.75) is 57.8 Å². The molecule has 2 heterocycles. The zero-order chi connectivity index (χ0) is 34.0. The van der Waals surface area contributed by atoms with Gasteiger partial charge in [-0.25, -0.2) is 0 Å². The smallest absolute Gasteiger partial charge is 0.503 e. The summed E-state index contributed by atoms with van der Waals surface area (Å²) in [5.41, 5.74) is 10.5. The average molecular weight is 850 g/mol. The van der Waals surface area contributed by atoms with Gasteiger partial charge in [0.2, 0.25) is 0 Å². The number of rotatable bonds is 5. The van der Waals surface area contributed by atoms with Gasteiger partial charge < -0.3 is 4.74 Å².